The molecule has 0 saturated carbocycles. The zero-order valence-electron chi connectivity index (χ0n) is 8.70. The smallest absolute Gasteiger partial charge is 0.356 e. The van der Waals surface area contributed by atoms with Gasteiger partial charge >= 0.3 is 5.97 Å². The summed E-state index contributed by atoms with van der Waals surface area (Å²) in [5.41, 5.74) is 0.753. The molecule has 1 aromatic carbocycles. The van der Waals surface area contributed by atoms with Gasteiger partial charge in [0.1, 0.15) is 5.75 Å². The Bertz CT molecular complexity index is 399. The van der Waals surface area contributed by atoms with Gasteiger partial charge in [-0.25, -0.2) is 4.79 Å². The van der Waals surface area contributed by atoms with Gasteiger partial charge in [0.2, 0.25) is 0 Å². The number of esters is 1. The molecule has 15 heavy (non-hydrogen) atoms. The van der Waals surface area contributed by atoms with Gasteiger partial charge in [-0.3, -0.25) is 5.41 Å². The number of aromatic hydroxyl groups is 1. The average molecular weight is 207 g/mol. The first-order valence-corrected chi connectivity index (χ1v) is 4.62. The molecule has 0 fully saturated rings. The van der Waals surface area contributed by atoms with Crippen molar-refractivity contribution in [1.29, 1.82) is 5.41 Å². The Morgan fingerprint density at radius 1 is 1.53 bits per heavy atom. The first-order valence-electron chi connectivity index (χ1n) is 4.62. The predicted molar refractivity (Wildman–Crippen MR) is 56.3 cm³/mol. The van der Waals surface area contributed by atoms with Crippen molar-refractivity contribution in [2.24, 2.45) is 0 Å². The molecule has 0 atom stereocenters. The van der Waals surface area contributed by atoms with Crippen LogP contribution in [0.25, 0.3) is 0 Å². The third-order valence-corrected chi connectivity index (χ3v) is 1.90. The van der Waals surface area contributed by atoms with Gasteiger partial charge in [-0.2, -0.15) is 0 Å². The summed E-state index contributed by atoms with van der Waals surface area (Å²) in [6, 6.07) is 4.74. The summed E-state index contributed by atoms with van der Waals surface area (Å²) in [5, 5.41) is 17.0. The van der Waals surface area contributed by atoms with E-state index in [1.165, 1.54) is 6.07 Å². The molecule has 0 aliphatic heterocycles. The SMILES string of the molecule is CCOC(=O)C(=N)c1cc(C)ccc1O. The summed E-state index contributed by atoms with van der Waals surface area (Å²) >= 11 is 0. The van der Waals surface area contributed by atoms with E-state index in [0.29, 0.717) is 0 Å². The maximum Gasteiger partial charge on any atom is 0.356 e. The molecule has 0 aromatic heterocycles. The third kappa shape index (κ3) is 2.56. The fourth-order valence-corrected chi connectivity index (χ4v) is 1.16. The maximum atomic E-state index is 11.2. The molecule has 0 aliphatic carbocycles. The van der Waals surface area contributed by atoms with Crippen molar-refractivity contribution >= 4 is 11.7 Å². The Balaban J connectivity index is 3.00. The van der Waals surface area contributed by atoms with Crippen LogP contribution in [0.15, 0.2) is 18.2 Å². The Morgan fingerprint density at radius 3 is 2.80 bits per heavy atom. The summed E-state index contributed by atoms with van der Waals surface area (Å²) in [5.74, 6) is -0.808. The molecular weight excluding hydrogens is 194 g/mol. The highest BCUT2D eigenvalue weighted by molar-refractivity contribution is 6.42. The van der Waals surface area contributed by atoms with E-state index in [2.05, 4.69) is 4.74 Å². The molecule has 0 bridgehead atoms. The van der Waals surface area contributed by atoms with E-state index in [4.69, 9.17) is 5.41 Å². The van der Waals surface area contributed by atoms with E-state index in [9.17, 15) is 9.90 Å². The monoisotopic (exact) mass is 207 g/mol. The fourth-order valence-electron chi connectivity index (χ4n) is 1.16. The number of phenols is 1. The van der Waals surface area contributed by atoms with Crippen molar-refractivity contribution in [2.75, 3.05) is 6.61 Å². The molecule has 0 heterocycles. The molecule has 0 aliphatic rings. The molecule has 0 radical (unpaired) electrons. The van der Waals surface area contributed by atoms with Gasteiger partial charge in [0.05, 0.1) is 6.61 Å². The van der Waals surface area contributed by atoms with E-state index < -0.39 is 5.97 Å². The van der Waals surface area contributed by atoms with Crippen LogP contribution in [0.2, 0.25) is 0 Å². The maximum absolute atomic E-state index is 11.2. The number of nitrogens with one attached hydrogen (secondary N) is 1. The molecule has 1 aromatic rings. The highest BCUT2D eigenvalue weighted by atomic mass is 16.5. The number of phenolic OH excluding ortho intramolecular Hbond substituents is 1. The van der Waals surface area contributed by atoms with Crippen LogP contribution in [0, 0.1) is 12.3 Å². The highest BCUT2D eigenvalue weighted by Gasteiger charge is 2.16. The second-order valence-corrected chi connectivity index (χ2v) is 3.12. The first kappa shape index (κ1) is 11.2. The normalized spacial score (nSPS) is 9.73. The molecule has 0 spiro atoms. The summed E-state index contributed by atoms with van der Waals surface area (Å²) in [7, 11) is 0. The number of benzene rings is 1. The minimum Gasteiger partial charge on any atom is -0.507 e. The number of hydrogen-bond acceptors (Lipinski definition) is 4. The zero-order chi connectivity index (χ0) is 11.4. The first-order chi connectivity index (χ1) is 7.06. The number of rotatable bonds is 3. The molecule has 0 saturated heterocycles. The van der Waals surface area contributed by atoms with E-state index in [1.807, 2.05) is 6.92 Å². The lowest BCUT2D eigenvalue weighted by atomic mass is 10.1. The van der Waals surface area contributed by atoms with Gasteiger partial charge in [-0.15, -0.1) is 0 Å². The molecule has 80 valence electrons. The van der Waals surface area contributed by atoms with Gasteiger partial charge < -0.3 is 9.84 Å². The van der Waals surface area contributed by atoms with Crippen molar-refractivity contribution in [2.45, 2.75) is 13.8 Å². The predicted octanol–water partition coefficient (Wildman–Crippen LogP) is 1.63. The van der Waals surface area contributed by atoms with Gasteiger partial charge in [0.25, 0.3) is 0 Å². The molecule has 0 amide bonds. The highest BCUT2D eigenvalue weighted by Crippen LogP contribution is 2.18. The third-order valence-electron chi connectivity index (χ3n) is 1.90. The molecule has 0 unspecified atom stereocenters. The van der Waals surface area contributed by atoms with Gasteiger partial charge in [0, 0.05) is 5.56 Å². The number of carbonyl (C=O) groups excluding carboxylic acids is 1. The van der Waals surface area contributed by atoms with E-state index >= 15 is 0 Å². The summed E-state index contributed by atoms with van der Waals surface area (Å²) in [6.45, 7) is 3.70. The summed E-state index contributed by atoms with van der Waals surface area (Å²) in [4.78, 5) is 11.2. The van der Waals surface area contributed by atoms with Gasteiger partial charge in [0.15, 0.2) is 5.71 Å². The standard InChI is InChI=1S/C11H13NO3/c1-3-15-11(14)10(12)8-6-7(2)4-5-9(8)13/h4-6,12-13H,3H2,1-2H3. The Kier molecular flexibility index (Phi) is 3.44. The molecule has 2 N–H and O–H groups in total. The fraction of sp³-hybridized carbons (Fsp3) is 0.273. The topological polar surface area (TPSA) is 70.4 Å². The van der Waals surface area contributed by atoms with Crippen molar-refractivity contribution in [3.05, 3.63) is 29.3 Å². The van der Waals surface area contributed by atoms with Crippen LogP contribution in [-0.4, -0.2) is 23.4 Å². The number of hydrogen-bond donors (Lipinski definition) is 2. The molecule has 4 nitrogen and oxygen atoms in total. The Hall–Kier alpha value is -1.84. The van der Waals surface area contributed by atoms with Crippen LogP contribution in [-0.2, 0) is 9.53 Å². The van der Waals surface area contributed by atoms with Gasteiger partial charge in [-0.1, -0.05) is 11.6 Å². The average Bonchev–Trinajstić information content (AvgIpc) is 2.21. The largest absolute Gasteiger partial charge is 0.507 e. The van der Waals surface area contributed by atoms with E-state index in [0.717, 1.165) is 5.56 Å². The lowest BCUT2D eigenvalue weighted by Gasteiger charge is -2.06. The Morgan fingerprint density at radius 2 is 2.20 bits per heavy atom. The van der Waals surface area contributed by atoms with Crippen molar-refractivity contribution in [3.63, 3.8) is 0 Å². The van der Waals surface area contributed by atoms with E-state index in [-0.39, 0.29) is 23.6 Å². The van der Waals surface area contributed by atoms with Crippen LogP contribution in [0.4, 0.5) is 0 Å². The lowest BCUT2D eigenvalue weighted by Crippen LogP contribution is -2.17. The van der Waals surface area contributed by atoms with Crippen molar-refractivity contribution in [1.82, 2.24) is 0 Å². The summed E-state index contributed by atoms with van der Waals surface area (Å²) in [6.07, 6.45) is 0. The van der Waals surface area contributed by atoms with E-state index in [1.54, 1.807) is 19.1 Å². The lowest BCUT2D eigenvalue weighted by molar-refractivity contribution is -0.135. The van der Waals surface area contributed by atoms with Gasteiger partial charge in [-0.05, 0) is 26.0 Å². The Labute approximate surface area is 88.0 Å². The molecule has 1 rings (SSSR count). The van der Waals surface area contributed by atoms with Crippen LogP contribution >= 0.6 is 0 Å². The minimum absolute atomic E-state index is 0.0846. The number of ether oxygens (including phenoxy) is 1. The molecule has 4 heteroatoms. The van der Waals surface area contributed by atoms with Crippen molar-refractivity contribution in [3.8, 4) is 5.75 Å². The number of carbonyl (C=O) groups is 1. The minimum atomic E-state index is -0.724. The van der Waals surface area contributed by atoms with Crippen LogP contribution in [0.3, 0.4) is 0 Å². The second-order valence-electron chi connectivity index (χ2n) is 3.12. The molecular formula is C11H13NO3. The zero-order valence-corrected chi connectivity index (χ0v) is 8.70. The van der Waals surface area contributed by atoms with Crippen LogP contribution in [0.5, 0.6) is 5.75 Å². The second kappa shape index (κ2) is 4.59. The summed E-state index contributed by atoms with van der Waals surface area (Å²) < 4.78 is 4.68. The quantitative estimate of drug-likeness (QED) is 0.584. The van der Waals surface area contributed by atoms with Crippen LogP contribution in [0.1, 0.15) is 18.1 Å². The van der Waals surface area contributed by atoms with Crippen molar-refractivity contribution < 1.29 is 14.6 Å². The number of aryl methyl sites for hydroxylation is 1. The van der Waals surface area contributed by atoms with Crippen LogP contribution < -0.4 is 0 Å².